The Morgan fingerprint density at radius 2 is 2.11 bits per heavy atom. The van der Waals surface area contributed by atoms with Crippen LogP contribution in [0, 0.1) is 11.3 Å². The Bertz CT molecular complexity index is 642. The van der Waals surface area contributed by atoms with Gasteiger partial charge in [0.2, 0.25) is 0 Å². The standard InChI is InChI=1S/C13H6BrCl2NS/c14-8-3-4-9(11(15)6-8)13(16)10(7-17)12-2-1-5-18-12/h1-6H. The number of halogens is 3. The highest BCUT2D eigenvalue weighted by Gasteiger charge is 2.13. The van der Waals surface area contributed by atoms with Gasteiger partial charge in [0, 0.05) is 14.9 Å². The number of hydrogen-bond acceptors (Lipinski definition) is 2. The van der Waals surface area contributed by atoms with Crippen LogP contribution < -0.4 is 0 Å². The number of allylic oxidation sites excluding steroid dienone is 1. The molecule has 0 fully saturated rings. The zero-order valence-corrected chi connectivity index (χ0v) is 12.9. The molecule has 90 valence electrons. The smallest absolute Gasteiger partial charge is 0.102 e. The Kier molecular flexibility index (Phi) is 4.47. The molecule has 1 heterocycles. The summed E-state index contributed by atoms with van der Waals surface area (Å²) < 4.78 is 0.871. The second-order valence-corrected chi connectivity index (χ2v) is 6.05. The number of thiophene rings is 1. The lowest BCUT2D eigenvalue weighted by Gasteiger charge is -2.05. The first-order chi connectivity index (χ1) is 8.63. The first-order valence-corrected chi connectivity index (χ1v) is 7.35. The Balaban J connectivity index is 2.58. The zero-order valence-electron chi connectivity index (χ0n) is 8.95. The fourth-order valence-corrected chi connectivity index (χ4v) is 3.34. The normalized spacial score (nSPS) is 11.9. The molecule has 1 nitrogen and oxygen atoms in total. The van der Waals surface area contributed by atoms with Crippen LogP contribution >= 0.6 is 50.5 Å². The van der Waals surface area contributed by atoms with Crippen LogP contribution in [-0.2, 0) is 0 Å². The second kappa shape index (κ2) is 5.90. The molecule has 5 heteroatoms. The number of nitrogens with zero attached hydrogens (tertiary/aromatic N) is 1. The molecule has 0 amide bonds. The molecular weight excluding hydrogens is 353 g/mol. The summed E-state index contributed by atoms with van der Waals surface area (Å²) >= 11 is 17.2. The van der Waals surface area contributed by atoms with Crippen molar-refractivity contribution in [3.05, 3.63) is 55.6 Å². The topological polar surface area (TPSA) is 23.8 Å². The van der Waals surface area contributed by atoms with Crippen LogP contribution in [0.4, 0.5) is 0 Å². The quantitative estimate of drug-likeness (QED) is 0.623. The van der Waals surface area contributed by atoms with Crippen molar-refractivity contribution >= 4 is 61.1 Å². The largest absolute Gasteiger partial charge is 0.192 e. The van der Waals surface area contributed by atoms with E-state index in [1.165, 1.54) is 11.3 Å². The summed E-state index contributed by atoms with van der Waals surface area (Å²) in [6.45, 7) is 0. The van der Waals surface area contributed by atoms with Gasteiger partial charge in [0.05, 0.1) is 15.6 Å². The predicted octanol–water partition coefficient (Wildman–Crippen LogP) is 5.79. The Morgan fingerprint density at radius 3 is 2.67 bits per heavy atom. The molecule has 0 aliphatic rings. The highest BCUT2D eigenvalue weighted by molar-refractivity contribution is 9.10. The van der Waals surface area contributed by atoms with Crippen LogP contribution in [0.3, 0.4) is 0 Å². The fraction of sp³-hybridized carbons (Fsp3) is 0. The van der Waals surface area contributed by atoms with Crippen molar-refractivity contribution in [3.63, 3.8) is 0 Å². The van der Waals surface area contributed by atoms with Crippen LogP contribution in [0.1, 0.15) is 10.4 Å². The van der Waals surface area contributed by atoms with Crippen molar-refractivity contribution in [2.24, 2.45) is 0 Å². The molecule has 0 atom stereocenters. The predicted molar refractivity (Wildman–Crippen MR) is 81.8 cm³/mol. The average Bonchev–Trinajstić information content (AvgIpc) is 2.83. The first-order valence-electron chi connectivity index (χ1n) is 4.92. The molecule has 0 N–H and O–H groups in total. The molecule has 0 aliphatic carbocycles. The summed E-state index contributed by atoms with van der Waals surface area (Å²) in [4.78, 5) is 0.835. The highest BCUT2D eigenvalue weighted by atomic mass is 79.9. The monoisotopic (exact) mass is 357 g/mol. The SMILES string of the molecule is N#CC(=C(Cl)c1ccc(Br)cc1Cl)c1cccs1. The molecule has 2 rings (SSSR count). The Morgan fingerprint density at radius 1 is 1.33 bits per heavy atom. The van der Waals surface area contributed by atoms with Gasteiger partial charge in [-0.2, -0.15) is 5.26 Å². The molecule has 0 spiro atoms. The van der Waals surface area contributed by atoms with Crippen molar-refractivity contribution in [1.29, 1.82) is 5.26 Å². The maximum absolute atomic E-state index is 9.24. The Hall–Kier alpha value is -0.790. The van der Waals surface area contributed by atoms with Gasteiger partial charge in [-0.1, -0.05) is 51.3 Å². The van der Waals surface area contributed by atoms with Crippen molar-refractivity contribution in [1.82, 2.24) is 0 Å². The van der Waals surface area contributed by atoms with Crippen molar-refractivity contribution in [3.8, 4) is 6.07 Å². The van der Waals surface area contributed by atoms with Crippen molar-refractivity contribution in [2.45, 2.75) is 0 Å². The van der Waals surface area contributed by atoms with Gasteiger partial charge in [0.25, 0.3) is 0 Å². The van der Waals surface area contributed by atoms with E-state index in [2.05, 4.69) is 22.0 Å². The molecule has 0 saturated carbocycles. The van der Waals surface area contributed by atoms with Gasteiger partial charge < -0.3 is 0 Å². The third-order valence-corrected chi connectivity index (χ3v) is 4.35. The van der Waals surface area contributed by atoms with Crippen LogP contribution in [0.2, 0.25) is 5.02 Å². The summed E-state index contributed by atoms with van der Waals surface area (Å²) in [5, 5.41) is 12.0. The van der Waals surface area contributed by atoms with Crippen LogP contribution in [-0.4, -0.2) is 0 Å². The minimum Gasteiger partial charge on any atom is -0.192 e. The number of hydrogen-bond donors (Lipinski definition) is 0. The molecule has 1 aromatic heterocycles. The van der Waals surface area contributed by atoms with E-state index in [1.54, 1.807) is 12.1 Å². The molecule has 0 aliphatic heterocycles. The van der Waals surface area contributed by atoms with Gasteiger partial charge >= 0.3 is 0 Å². The van der Waals surface area contributed by atoms with E-state index >= 15 is 0 Å². The minimum absolute atomic E-state index is 0.373. The van der Waals surface area contributed by atoms with E-state index in [0.717, 1.165) is 9.35 Å². The zero-order chi connectivity index (χ0) is 13.1. The van der Waals surface area contributed by atoms with Crippen molar-refractivity contribution < 1.29 is 0 Å². The lowest BCUT2D eigenvalue weighted by Crippen LogP contribution is -1.85. The summed E-state index contributed by atoms with van der Waals surface area (Å²) in [5.74, 6) is 0. The molecule has 2 aromatic rings. The highest BCUT2D eigenvalue weighted by Crippen LogP contribution is 2.35. The van der Waals surface area contributed by atoms with E-state index in [1.807, 2.05) is 23.6 Å². The fourth-order valence-electron chi connectivity index (χ4n) is 1.44. The maximum Gasteiger partial charge on any atom is 0.102 e. The number of nitriles is 1. The summed E-state index contributed by atoms with van der Waals surface area (Å²) in [6, 6.07) is 11.3. The van der Waals surface area contributed by atoms with E-state index in [-0.39, 0.29) is 0 Å². The molecule has 0 unspecified atom stereocenters. The third kappa shape index (κ3) is 2.78. The summed E-state index contributed by atoms with van der Waals surface area (Å²) in [7, 11) is 0. The lowest BCUT2D eigenvalue weighted by atomic mass is 10.1. The van der Waals surface area contributed by atoms with Crippen LogP contribution in [0.25, 0.3) is 10.6 Å². The minimum atomic E-state index is 0.373. The molecular formula is C13H6BrCl2NS. The van der Waals surface area contributed by atoms with Gasteiger partial charge in [0.1, 0.15) is 6.07 Å². The lowest BCUT2D eigenvalue weighted by molar-refractivity contribution is 1.53. The molecule has 18 heavy (non-hydrogen) atoms. The van der Waals surface area contributed by atoms with Gasteiger partial charge in [0.15, 0.2) is 0 Å². The first kappa shape index (κ1) is 13.6. The Labute approximate surface area is 127 Å². The van der Waals surface area contributed by atoms with Gasteiger partial charge in [-0.05, 0) is 23.6 Å². The maximum atomic E-state index is 9.24. The van der Waals surface area contributed by atoms with E-state index in [9.17, 15) is 5.26 Å². The molecule has 0 bridgehead atoms. The van der Waals surface area contributed by atoms with Crippen LogP contribution in [0.15, 0.2) is 40.2 Å². The molecule has 1 aromatic carbocycles. The summed E-state index contributed by atoms with van der Waals surface area (Å²) in [6.07, 6.45) is 0. The number of benzene rings is 1. The average molecular weight is 359 g/mol. The van der Waals surface area contributed by atoms with Gasteiger partial charge in [-0.25, -0.2) is 0 Å². The number of rotatable bonds is 2. The summed E-state index contributed by atoms with van der Waals surface area (Å²) in [5.41, 5.74) is 1.10. The molecule has 0 radical (unpaired) electrons. The van der Waals surface area contributed by atoms with Gasteiger partial charge in [-0.3, -0.25) is 0 Å². The van der Waals surface area contributed by atoms with Crippen molar-refractivity contribution in [2.75, 3.05) is 0 Å². The van der Waals surface area contributed by atoms with E-state index < -0.39 is 0 Å². The van der Waals surface area contributed by atoms with E-state index in [0.29, 0.717) is 21.2 Å². The second-order valence-electron chi connectivity index (χ2n) is 3.40. The van der Waals surface area contributed by atoms with Crippen LogP contribution in [0.5, 0.6) is 0 Å². The molecule has 0 saturated heterocycles. The third-order valence-electron chi connectivity index (χ3n) is 2.27. The van der Waals surface area contributed by atoms with Gasteiger partial charge in [-0.15, -0.1) is 11.3 Å². The van der Waals surface area contributed by atoms with E-state index in [4.69, 9.17) is 23.2 Å².